The number of hydrogen-bond donors (Lipinski definition) is 1. The number of nitrogens with zero attached hydrogens (tertiary/aromatic N) is 2. The second-order valence-electron chi connectivity index (χ2n) is 4.78. The predicted octanol–water partition coefficient (Wildman–Crippen LogP) is 3.59. The molecule has 1 unspecified atom stereocenters. The van der Waals surface area contributed by atoms with Gasteiger partial charge >= 0.3 is 0 Å². The zero-order valence-corrected chi connectivity index (χ0v) is 12.5. The van der Waals surface area contributed by atoms with E-state index < -0.39 is 0 Å². The lowest BCUT2D eigenvalue weighted by molar-refractivity contribution is 0.552. The molecule has 0 saturated carbocycles. The molecule has 1 atom stereocenters. The Kier molecular flexibility index (Phi) is 5.15. The van der Waals surface area contributed by atoms with Crippen molar-refractivity contribution < 1.29 is 4.39 Å². The van der Waals surface area contributed by atoms with E-state index in [0.29, 0.717) is 17.0 Å². The minimum atomic E-state index is -0.265. The summed E-state index contributed by atoms with van der Waals surface area (Å²) in [5.41, 5.74) is 1.58. The van der Waals surface area contributed by atoms with Crippen LogP contribution in [-0.2, 0) is 13.0 Å². The minimum Gasteiger partial charge on any atom is -0.313 e. The highest BCUT2D eigenvalue weighted by Crippen LogP contribution is 2.25. The molecule has 0 amide bonds. The van der Waals surface area contributed by atoms with Gasteiger partial charge in [0.2, 0.25) is 0 Å². The second-order valence-corrected chi connectivity index (χ2v) is 5.19. The Morgan fingerprint density at radius 1 is 1.45 bits per heavy atom. The maximum atomic E-state index is 13.9. The van der Waals surface area contributed by atoms with Crippen LogP contribution in [-0.4, -0.2) is 16.8 Å². The van der Waals surface area contributed by atoms with E-state index in [9.17, 15) is 4.39 Å². The van der Waals surface area contributed by atoms with Gasteiger partial charge in [0.15, 0.2) is 0 Å². The number of aromatic nitrogens is 2. The highest BCUT2D eigenvalue weighted by molar-refractivity contribution is 6.31. The molecule has 0 radical (unpaired) electrons. The lowest BCUT2D eigenvalue weighted by atomic mass is 10.0. The summed E-state index contributed by atoms with van der Waals surface area (Å²) < 4.78 is 15.8. The van der Waals surface area contributed by atoms with Crippen LogP contribution < -0.4 is 5.32 Å². The number of aryl methyl sites for hydroxylation is 1. The fourth-order valence-electron chi connectivity index (χ4n) is 2.23. The summed E-state index contributed by atoms with van der Waals surface area (Å²) in [6.07, 6.45) is 5.36. The van der Waals surface area contributed by atoms with Gasteiger partial charge in [0, 0.05) is 34.9 Å². The van der Waals surface area contributed by atoms with E-state index in [2.05, 4.69) is 17.3 Å². The van der Waals surface area contributed by atoms with E-state index in [1.165, 1.54) is 6.07 Å². The summed E-state index contributed by atoms with van der Waals surface area (Å²) in [6.45, 7) is 2.99. The van der Waals surface area contributed by atoms with E-state index in [4.69, 9.17) is 11.6 Å². The van der Waals surface area contributed by atoms with Crippen LogP contribution in [0.2, 0.25) is 5.02 Å². The molecule has 5 heteroatoms. The lowest BCUT2D eigenvalue weighted by Gasteiger charge is -2.16. The van der Waals surface area contributed by atoms with Gasteiger partial charge < -0.3 is 5.32 Å². The van der Waals surface area contributed by atoms with Crippen molar-refractivity contribution in [1.82, 2.24) is 15.1 Å². The Bertz CT molecular complexity index is 548. The normalized spacial score (nSPS) is 12.6. The highest BCUT2D eigenvalue weighted by Gasteiger charge is 2.16. The van der Waals surface area contributed by atoms with Crippen LogP contribution in [0, 0.1) is 5.82 Å². The average molecular weight is 296 g/mol. The Labute approximate surface area is 123 Å². The first-order valence-corrected chi connectivity index (χ1v) is 7.16. The van der Waals surface area contributed by atoms with Gasteiger partial charge in [-0.25, -0.2) is 4.39 Å². The Hall–Kier alpha value is -1.39. The lowest BCUT2D eigenvalue weighted by Crippen LogP contribution is -2.19. The highest BCUT2D eigenvalue weighted by atomic mass is 35.5. The summed E-state index contributed by atoms with van der Waals surface area (Å²) in [5.74, 6) is -0.265. The predicted molar refractivity (Wildman–Crippen MR) is 79.4 cm³/mol. The van der Waals surface area contributed by atoms with Crippen molar-refractivity contribution in [2.75, 3.05) is 7.05 Å². The summed E-state index contributed by atoms with van der Waals surface area (Å²) in [4.78, 5) is 0. The molecule has 1 heterocycles. The number of hydrogen-bond acceptors (Lipinski definition) is 2. The Morgan fingerprint density at radius 3 is 2.90 bits per heavy atom. The number of likely N-dealkylation sites (N-methyl/N-ethyl adjacent to an activating group) is 1. The quantitative estimate of drug-likeness (QED) is 0.882. The first-order valence-electron chi connectivity index (χ1n) is 6.78. The molecule has 0 bridgehead atoms. The molecule has 0 aliphatic carbocycles. The van der Waals surface area contributed by atoms with Gasteiger partial charge in [-0.1, -0.05) is 24.6 Å². The summed E-state index contributed by atoms with van der Waals surface area (Å²) in [6, 6.07) is 4.77. The molecule has 1 aromatic heterocycles. The summed E-state index contributed by atoms with van der Waals surface area (Å²) in [7, 11) is 1.86. The smallest absolute Gasteiger partial charge is 0.127 e. The molecule has 1 N–H and O–H groups in total. The van der Waals surface area contributed by atoms with Gasteiger partial charge in [0.1, 0.15) is 5.82 Å². The SMILES string of the molecule is CCCn1cc(C(Cc2c(F)cccc2Cl)NC)cn1. The van der Waals surface area contributed by atoms with Gasteiger partial charge in [-0.15, -0.1) is 0 Å². The Morgan fingerprint density at radius 2 is 2.25 bits per heavy atom. The molecule has 0 saturated heterocycles. The maximum absolute atomic E-state index is 13.9. The number of rotatable bonds is 6. The van der Waals surface area contributed by atoms with Crippen LogP contribution in [0.25, 0.3) is 0 Å². The van der Waals surface area contributed by atoms with Gasteiger partial charge in [0.05, 0.1) is 6.20 Å². The third kappa shape index (κ3) is 3.38. The summed E-state index contributed by atoms with van der Waals surface area (Å²) >= 11 is 6.08. The molecule has 20 heavy (non-hydrogen) atoms. The molecule has 0 spiro atoms. The van der Waals surface area contributed by atoms with Crippen molar-refractivity contribution in [3.8, 4) is 0 Å². The van der Waals surface area contributed by atoms with Crippen LogP contribution in [0.4, 0.5) is 4.39 Å². The van der Waals surface area contributed by atoms with Crippen LogP contribution in [0.1, 0.15) is 30.5 Å². The number of nitrogens with one attached hydrogen (secondary N) is 1. The van der Waals surface area contributed by atoms with Crippen LogP contribution in [0.3, 0.4) is 0 Å². The minimum absolute atomic E-state index is 0.00462. The van der Waals surface area contributed by atoms with Crippen LogP contribution in [0.15, 0.2) is 30.6 Å². The molecule has 0 aliphatic heterocycles. The van der Waals surface area contributed by atoms with Crippen molar-refractivity contribution in [1.29, 1.82) is 0 Å². The van der Waals surface area contributed by atoms with Gasteiger partial charge in [0.25, 0.3) is 0 Å². The third-order valence-electron chi connectivity index (χ3n) is 3.33. The van der Waals surface area contributed by atoms with Crippen LogP contribution >= 0.6 is 11.6 Å². The fourth-order valence-corrected chi connectivity index (χ4v) is 2.47. The molecule has 0 aliphatic rings. The number of halogens is 2. The monoisotopic (exact) mass is 295 g/mol. The Balaban J connectivity index is 2.20. The fraction of sp³-hybridized carbons (Fsp3) is 0.400. The zero-order valence-electron chi connectivity index (χ0n) is 11.7. The van der Waals surface area contributed by atoms with E-state index in [0.717, 1.165) is 18.5 Å². The maximum Gasteiger partial charge on any atom is 0.127 e. The zero-order chi connectivity index (χ0) is 14.5. The molecular formula is C15H19ClFN3. The van der Waals surface area contributed by atoms with E-state index >= 15 is 0 Å². The van der Waals surface area contributed by atoms with Gasteiger partial charge in [-0.05, 0) is 32.0 Å². The van der Waals surface area contributed by atoms with Crippen molar-refractivity contribution in [2.45, 2.75) is 32.4 Å². The third-order valence-corrected chi connectivity index (χ3v) is 3.68. The van der Waals surface area contributed by atoms with Crippen molar-refractivity contribution in [3.05, 3.63) is 52.6 Å². The van der Waals surface area contributed by atoms with Crippen molar-refractivity contribution in [2.24, 2.45) is 0 Å². The van der Waals surface area contributed by atoms with Crippen molar-refractivity contribution >= 4 is 11.6 Å². The molecular weight excluding hydrogens is 277 g/mol. The van der Waals surface area contributed by atoms with Crippen LogP contribution in [0.5, 0.6) is 0 Å². The number of benzene rings is 1. The largest absolute Gasteiger partial charge is 0.313 e. The van der Waals surface area contributed by atoms with Crippen molar-refractivity contribution in [3.63, 3.8) is 0 Å². The second kappa shape index (κ2) is 6.86. The van der Waals surface area contributed by atoms with Gasteiger partial charge in [-0.2, -0.15) is 5.10 Å². The first kappa shape index (κ1) is 15.0. The van der Waals surface area contributed by atoms with E-state index in [1.807, 2.05) is 24.1 Å². The van der Waals surface area contributed by atoms with E-state index in [1.54, 1.807) is 12.1 Å². The average Bonchev–Trinajstić information content (AvgIpc) is 2.87. The molecule has 1 aromatic carbocycles. The first-order chi connectivity index (χ1) is 9.65. The standard InChI is InChI=1S/C15H19ClFN3/c1-3-7-20-10-11(9-19-20)15(18-2)8-12-13(16)5-4-6-14(12)17/h4-6,9-10,15,18H,3,7-8H2,1-2H3. The molecule has 2 rings (SSSR count). The topological polar surface area (TPSA) is 29.9 Å². The molecule has 0 fully saturated rings. The molecule has 3 nitrogen and oxygen atoms in total. The molecule has 108 valence electrons. The molecule has 2 aromatic rings. The summed E-state index contributed by atoms with van der Waals surface area (Å²) in [5, 5.41) is 7.97. The van der Waals surface area contributed by atoms with E-state index in [-0.39, 0.29) is 11.9 Å². The van der Waals surface area contributed by atoms with Gasteiger partial charge in [-0.3, -0.25) is 4.68 Å².